The number of hydrogen-bond acceptors (Lipinski definition) is 4. The monoisotopic (exact) mass is 345 g/mol. The van der Waals surface area contributed by atoms with Gasteiger partial charge < -0.3 is 14.6 Å². The lowest BCUT2D eigenvalue weighted by atomic mass is 10.2. The SMILES string of the molecule is O=C(CCc1ncc(-c2ccc(F)cc2)o1)NCC(=O)N1CCCC1. The van der Waals surface area contributed by atoms with Crippen LogP contribution in [-0.4, -0.2) is 41.3 Å². The van der Waals surface area contributed by atoms with Crippen LogP contribution >= 0.6 is 0 Å². The van der Waals surface area contributed by atoms with E-state index in [9.17, 15) is 14.0 Å². The van der Waals surface area contributed by atoms with Gasteiger partial charge in [0, 0.05) is 31.5 Å². The summed E-state index contributed by atoms with van der Waals surface area (Å²) in [5, 5.41) is 2.63. The quantitative estimate of drug-likeness (QED) is 0.870. The lowest BCUT2D eigenvalue weighted by Crippen LogP contribution is -2.38. The summed E-state index contributed by atoms with van der Waals surface area (Å²) in [4.78, 5) is 29.6. The number of rotatable bonds is 6. The van der Waals surface area contributed by atoms with Gasteiger partial charge in [-0.1, -0.05) is 0 Å². The van der Waals surface area contributed by atoms with Crippen molar-refractivity contribution in [1.82, 2.24) is 15.2 Å². The van der Waals surface area contributed by atoms with E-state index in [0.29, 0.717) is 18.1 Å². The second kappa shape index (κ2) is 7.92. The van der Waals surface area contributed by atoms with E-state index in [2.05, 4.69) is 10.3 Å². The zero-order chi connectivity index (χ0) is 17.6. The molecule has 1 aliphatic rings. The highest BCUT2D eigenvalue weighted by Gasteiger charge is 2.18. The van der Waals surface area contributed by atoms with E-state index in [1.165, 1.54) is 12.1 Å². The number of hydrogen-bond donors (Lipinski definition) is 1. The average Bonchev–Trinajstić information content (AvgIpc) is 3.30. The topological polar surface area (TPSA) is 75.4 Å². The van der Waals surface area contributed by atoms with Gasteiger partial charge in [-0.25, -0.2) is 9.37 Å². The van der Waals surface area contributed by atoms with Gasteiger partial charge in [0.25, 0.3) is 0 Å². The van der Waals surface area contributed by atoms with E-state index >= 15 is 0 Å². The summed E-state index contributed by atoms with van der Waals surface area (Å²) < 4.78 is 18.5. The van der Waals surface area contributed by atoms with Crippen LogP contribution in [0, 0.1) is 5.82 Å². The first-order valence-corrected chi connectivity index (χ1v) is 8.37. The highest BCUT2D eigenvalue weighted by atomic mass is 19.1. The molecule has 2 amide bonds. The average molecular weight is 345 g/mol. The number of aromatic nitrogens is 1. The Hall–Kier alpha value is -2.70. The van der Waals surface area contributed by atoms with Crippen LogP contribution in [-0.2, 0) is 16.0 Å². The third-order valence-corrected chi connectivity index (χ3v) is 4.14. The Balaban J connectivity index is 1.44. The van der Waals surface area contributed by atoms with Gasteiger partial charge in [-0.15, -0.1) is 0 Å². The van der Waals surface area contributed by atoms with Gasteiger partial charge in [0.1, 0.15) is 5.82 Å². The minimum atomic E-state index is -0.316. The van der Waals surface area contributed by atoms with Crippen molar-refractivity contribution in [3.05, 3.63) is 42.2 Å². The predicted octanol–water partition coefficient (Wildman–Crippen LogP) is 2.15. The highest BCUT2D eigenvalue weighted by Crippen LogP contribution is 2.21. The van der Waals surface area contributed by atoms with E-state index in [4.69, 9.17) is 4.42 Å². The fourth-order valence-corrected chi connectivity index (χ4v) is 2.73. The molecule has 0 aliphatic carbocycles. The molecule has 132 valence electrons. The molecule has 0 spiro atoms. The van der Waals surface area contributed by atoms with Crippen molar-refractivity contribution >= 4 is 11.8 Å². The molecule has 0 saturated carbocycles. The van der Waals surface area contributed by atoms with Crippen molar-refractivity contribution in [2.45, 2.75) is 25.7 Å². The molecule has 1 aliphatic heterocycles. The van der Waals surface area contributed by atoms with Gasteiger partial charge in [-0.05, 0) is 37.1 Å². The van der Waals surface area contributed by atoms with Crippen LogP contribution in [0.4, 0.5) is 4.39 Å². The number of benzene rings is 1. The van der Waals surface area contributed by atoms with Crippen LogP contribution in [0.1, 0.15) is 25.2 Å². The minimum Gasteiger partial charge on any atom is -0.441 e. The number of carbonyl (C=O) groups excluding carboxylic acids is 2. The Kier molecular flexibility index (Phi) is 5.42. The number of carbonyl (C=O) groups is 2. The predicted molar refractivity (Wildman–Crippen MR) is 89.0 cm³/mol. The van der Waals surface area contributed by atoms with Crippen molar-refractivity contribution in [3.63, 3.8) is 0 Å². The Morgan fingerprint density at radius 3 is 2.64 bits per heavy atom. The number of oxazole rings is 1. The standard InChI is InChI=1S/C18H20FN3O3/c19-14-5-3-13(4-6-14)15-11-21-17(25-15)8-7-16(23)20-12-18(24)22-9-1-2-10-22/h3-6,11H,1-2,7-10,12H2,(H,20,23). The maximum Gasteiger partial charge on any atom is 0.241 e. The van der Waals surface area contributed by atoms with Crippen molar-refractivity contribution in [2.24, 2.45) is 0 Å². The lowest BCUT2D eigenvalue weighted by molar-refractivity contribution is -0.132. The Labute approximate surface area is 145 Å². The van der Waals surface area contributed by atoms with Crippen LogP contribution in [0.5, 0.6) is 0 Å². The molecule has 3 rings (SSSR count). The van der Waals surface area contributed by atoms with E-state index < -0.39 is 0 Å². The fraction of sp³-hybridized carbons (Fsp3) is 0.389. The molecule has 0 bridgehead atoms. The number of nitrogens with zero attached hydrogens (tertiary/aromatic N) is 2. The Bertz CT molecular complexity index is 736. The van der Waals surface area contributed by atoms with Crippen LogP contribution in [0.25, 0.3) is 11.3 Å². The van der Waals surface area contributed by atoms with E-state index in [1.807, 2.05) is 0 Å². The van der Waals surface area contributed by atoms with Gasteiger partial charge in [0.2, 0.25) is 11.8 Å². The Morgan fingerprint density at radius 1 is 1.20 bits per heavy atom. The van der Waals surface area contributed by atoms with Crippen LogP contribution in [0.15, 0.2) is 34.9 Å². The zero-order valence-corrected chi connectivity index (χ0v) is 13.8. The largest absolute Gasteiger partial charge is 0.441 e. The first-order chi connectivity index (χ1) is 12.1. The molecule has 7 heteroatoms. The summed E-state index contributed by atoms with van der Waals surface area (Å²) >= 11 is 0. The molecule has 0 atom stereocenters. The number of halogens is 1. The molecule has 2 heterocycles. The summed E-state index contributed by atoms with van der Waals surface area (Å²) in [6.07, 6.45) is 4.14. The minimum absolute atomic E-state index is 0.0330. The van der Waals surface area contributed by atoms with E-state index in [0.717, 1.165) is 31.5 Å². The number of likely N-dealkylation sites (tertiary alicyclic amines) is 1. The van der Waals surface area contributed by atoms with E-state index in [1.54, 1.807) is 23.2 Å². The fourth-order valence-electron chi connectivity index (χ4n) is 2.73. The molecule has 2 aromatic rings. The van der Waals surface area contributed by atoms with Crippen molar-refractivity contribution < 1.29 is 18.4 Å². The van der Waals surface area contributed by atoms with Crippen molar-refractivity contribution in [3.8, 4) is 11.3 Å². The summed E-state index contributed by atoms with van der Waals surface area (Å²) in [5.74, 6) is 0.387. The molecule has 1 aromatic heterocycles. The van der Waals surface area contributed by atoms with Gasteiger partial charge in [0.05, 0.1) is 12.7 Å². The van der Waals surface area contributed by atoms with Gasteiger partial charge in [-0.2, -0.15) is 0 Å². The normalized spacial score (nSPS) is 13.9. The summed E-state index contributed by atoms with van der Waals surface area (Å²) in [6.45, 7) is 1.58. The molecular formula is C18H20FN3O3. The zero-order valence-electron chi connectivity index (χ0n) is 13.8. The molecule has 1 fully saturated rings. The summed E-state index contributed by atoms with van der Waals surface area (Å²) in [6, 6.07) is 5.91. The molecule has 1 N–H and O–H groups in total. The van der Waals surface area contributed by atoms with Crippen LogP contribution in [0.2, 0.25) is 0 Å². The first-order valence-electron chi connectivity index (χ1n) is 8.37. The van der Waals surface area contributed by atoms with Crippen molar-refractivity contribution in [1.29, 1.82) is 0 Å². The number of nitrogens with one attached hydrogen (secondary N) is 1. The number of amides is 2. The molecule has 1 saturated heterocycles. The lowest BCUT2D eigenvalue weighted by Gasteiger charge is -2.15. The third-order valence-electron chi connectivity index (χ3n) is 4.14. The maximum absolute atomic E-state index is 12.9. The first kappa shape index (κ1) is 17.1. The Morgan fingerprint density at radius 2 is 1.92 bits per heavy atom. The number of aryl methyl sites for hydroxylation is 1. The molecule has 0 unspecified atom stereocenters. The third kappa shape index (κ3) is 4.65. The molecule has 0 radical (unpaired) electrons. The summed E-state index contributed by atoms with van der Waals surface area (Å²) in [5.41, 5.74) is 0.723. The van der Waals surface area contributed by atoms with Crippen molar-refractivity contribution in [2.75, 3.05) is 19.6 Å². The molecular weight excluding hydrogens is 325 g/mol. The molecule has 25 heavy (non-hydrogen) atoms. The molecule has 6 nitrogen and oxygen atoms in total. The second-order valence-electron chi connectivity index (χ2n) is 5.99. The van der Waals surface area contributed by atoms with Gasteiger partial charge in [-0.3, -0.25) is 9.59 Å². The molecule has 1 aromatic carbocycles. The van der Waals surface area contributed by atoms with Gasteiger partial charge >= 0.3 is 0 Å². The van der Waals surface area contributed by atoms with Gasteiger partial charge in [0.15, 0.2) is 11.7 Å². The van der Waals surface area contributed by atoms with E-state index in [-0.39, 0.29) is 30.6 Å². The smallest absolute Gasteiger partial charge is 0.241 e. The second-order valence-corrected chi connectivity index (χ2v) is 5.99. The van der Waals surface area contributed by atoms with Crippen LogP contribution in [0.3, 0.4) is 0 Å². The highest BCUT2D eigenvalue weighted by molar-refractivity contribution is 5.84. The maximum atomic E-state index is 12.9. The van der Waals surface area contributed by atoms with Crippen LogP contribution < -0.4 is 5.32 Å². The summed E-state index contributed by atoms with van der Waals surface area (Å²) in [7, 11) is 0.